The maximum absolute atomic E-state index is 13.3. The van der Waals surface area contributed by atoms with Crippen LogP contribution in [0.5, 0.6) is 0 Å². The van der Waals surface area contributed by atoms with Crippen LogP contribution in [0.4, 0.5) is 15.8 Å². The fourth-order valence-electron chi connectivity index (χ4n) is 2.02. The lowest BCUT2D eigenvalue weighted by Crippen LogP contribution is -2.12. The Kier molecular flexibility index (Phi) is 4.73. The van der Waals surface area contributed by atoms with Gasteiger partial charge in [-0.2, -0.15) is 0 Å². The summed E-state index contributed by atoms with van der Waals surface area (Å²) >= 11 is 12.0. The van der Waals surface area contributed by atoms with Gasteiger partial charge in [0.05, 0.1) is 16.4 Å². The van der Waals surface area contributed by atoms with E-state index in [2.05, 4.69) is 5.32 Å². The predicted octanol–water partition coefficient (Wildman–Crippen LogP) is 4.81. The molecule has 0 amide bonds. The van der Waals surface area contributed by atoms with Gasteiger partial charge < -0.3 is 10.2 Å². The first kappa shape index (κ1) is 14.9. The van der Waals surface area contributed by atoms with Crippen molar-refractivity contribution in [3.8, 4) is 0 Å². The maximum atomic E-state index is 13.3. The molecule has 0 bridgehead atoms. The van der Waals surface area contributed by atoms with E-state index in [-0.39, 0.29) is 5.82 Å². The Hall–Kier alpha value is -1.45. The molecule has 0 aliphatic carbocycles. The number of anilines is 2. The summed E-state index contributed by atoms with van der Waals surface area (Å²) in [7, 11) is 3.84. The van der Waals surface area contributed by atoms with Crippen molar-refractivity contribution in [1.82, 2.24) is 0 Å². The summed E-state index contributed by atoms with van der Waals surface area (Å²) in [5, 5.41) is 4.31. The molecule has 0 unspecified atom stereocenters. The monoisotopic (exact) mass is 312 g/mol. The summed E-state index contributed by atoms with van der Waals surface area (Å²) in [5.41, 5.74) is 2.57. The molecule has 0 aromatic heterocycles. The molecule has 0 aliphatic rings. The van der Waals surface area contributed by atoms with Gasteiger partial charge in [0.2, 0.25) is 0 Å². The number of rotatable bonds is 4. The molecule has 0 saturated heterocycles. The van der Waals surface area contributed by atoms with Gasteiger partial charge in [-0.05, 0) is 35.9 Å². The summed E-state index contributed by atoms with van der Waals surface area (Å²) in [6.07, 6.45) is 0. The second kappa shape index (κ2) is 6.33. The molecule has 106 valence electrons. The van der Waals surface area contributed by atoms with Gasteiger partial charge in [-0.1, -0.05) is 29.3 Å². The highest BCUT2D eigenvalue weighted by molar-refractivity contribution is 6.34. The van der Waals surface area contributed by atoms with Crippen molar-refractivity contribution in [2.45, 2.75) is 6.54 Å². The molecule has 2 nitrogen and oxygen atoms in total. The molecule has 0 fully saturated rings. The highest BCUT2D eigenvalue weighted by Gasteiger charge is 2.09. The zero-order chi connectivity index (χ0) is 14.7. The van der Waals surface area contributed by atoms with E-state index >= 15 is 0 Å². The quantitative estimate of drug-likeness (QED) is 0.871. The van der Waals surface area contributed by atoms with Gasteiger partial charge in [-0.25, -0.2) is 4.39 Å². The lowest BCUT2D eigenvalue weighted by atomic mass is 10.2. The molecule has 5 heteroatoms. The van der Waals surface area contributed by atoms with E-state index in [1.165, 1.54) is 12.1 Å². The fourth-order valence-corrected chi connectivity index (χ4v) is 2.61. The molecule has 0 atom stereocenters. The highest BCUT2D eigenvalue weighted by atomic mass is 35.5. The molecule has 1 N–H and O–H groups in total. The zero-order valence-corrected chi connectivity index (χ0v) is 12.8. The fraction of sp³-hybridized carbons (Fsp3) is 0.200. The third-order valence-electron chi connectivity index (χ3n) is 2.84. The van der Waals surface area contributed by atoms with Crippen molar-refractivity contribution in [2.75, 3.05) is 24.3 Å². The van der Waals surface area contributed by atoms with Crippen LogP contribution in [0.1, 0.15) is 5.56 Å². The van der Waals surface area contributed by atoms with E-state index < -0.39 is 0 Å². The van der Waals surface area contributed by atoms with Crippen molar-refractivity contribution in [3.05, 3.63) is 57.8 Å². The summed E-state index contributed by atoms with van der Waals surface area (Å²) < 4.78 is 13.3. The minimum Gasteiger partial charge on any atom is -0.379 e. The number of hydrogen-bond donors (Lipinski definition) is 1. The van der Waals surface area contributed by atoms with Crippen LogP contribution in [0, 0.1) is 5.82 Å². The van der Waals surface area contributed by atoms with E-state index in [0.717, 1.165) is 16.9 Å². The number of halogens is 3. The highest BCUT2D eigenvalue weighted by Crippen LogP contribution is 2.32. The molecular weight excluding hydrogens is 298 g/mol. The summed E-state index contributed by atoms with van der Waals surface area (Å²) in [4.78, 5) is 1.93. The molecule has 0 spiro atoms. The standard InChI is InChI=1S/C15H15Cl2FN2/c1-20(2)15-13(17)4-3-5-14(15)19-9-10-6-11(16)8-12(18)7-10/h3-8,19H,9H2,1-2H3. The third kappa shape index (κ3) is 3.56. The largest absolute Gasteiger partial charge is 0.379 e. The first-order chi connectivity index (χ1) is 9.47. The van der Waals surface area contributed by atoms with Gasteiger partial charge in [-0.15, -0.1) is 0 Å². The van der Waals surface area contributed by atoms with Gasteiger partial charge in [-0.3, -0.25) is 0 Å². The van der Waals surface area contributed by atoms with Gasteiger partial charge >= 0.3 is 0 Å². The minimum atomic E-state index is -0.340. The maximum Gasteiger partial charge on any atom is 0.125 e. The van der Waals surface area contributed by atoms with E-state index in [0.29, 0.717) is 16.6 Å². The smallest absolute Gasteiger partial charge is 0.125 e. The van der Waals surface area contributed by atoms with E-state index in [4.69, 9.17) is 23.2 Å². The van der Waals surface area contributed by atoms with Crippen LogP contribution in [0.2, 0.25) is 10.0 Å². The molecule has 2 aromatic carbocycles. The van der Waals surface area contributed by atoms with Crippen molar-refractivity contribution in [3.63, 3.8) is 0 Å². The van der Waals surface area contributed by atoms with Crippen LogP contribution < -0.4 is 10.2 Å². The third-order valence-corrected chi connectivity index (χ3v) is 3.36. The van der Waals surface area contributed by atoms with Crippen molar-refractivity contribution in [1.29, 1.82) is 0 Å². The molecule has 2 rings (SSSR count). The minimum absolute atomic E-state index is 0.340. The van der Waals surface area contributed by atoms with Crippen LogP contribution in [0.25, 0.3) is 0 Å². The Morgan fingerprint density at radius 3 is 2.55 bits per heavy atom. The van der Waals surface area contributed by atoms with Gasteiger partial charge in [0, 0.05) is 25.7 Å². The van der Waals surface area contributed by atoms with E-state index in [1.807, 2.05) is 37.2 Å². The average Bonchev–Trinajstić information content (AvgIpc) is 2.34. The molecule has 0 heterocycles. The SMILES string of the molecule is CN(C)c1c(Cl)cccc1NCc1cc(F)cc(Cl)c1. The number of hydrogen-bond acceptors (Lipinski definition) is 2. The second-order valence-electron chi connectivity index (χ2n) is 4.66. The van der Waals surface area contributed by atoms with Gasteiger partial charge in [0.1, 0.15) is 5.82 Å². The first-order valence-corrected chi connectivity index (χ1v) is 6.87. The summed E-state index contributed by atoms with van der Waals surface area (Å²) in [5.74, 6) is -0.340. The molecular formula is C15H15Cl2FN2. The lowest BCUT2D eigenvalue weighted by molar-refractivity contribution is 0.626. The van der Waals surface area contributed by atoms with Crippen LogP contribution in [-0.2, 0) is 6.54 Å². The molecule has 0 saturated carbocycles. The first-order valence-electron chi connectivity index (χ1n) is 6.12. The van der Waals surface area contributed by atoms with Gasteiger partial charge in [0.15, 0.2) is 0 Å². The van der Waals surface area contributed by atoms with E-state index in [1.54, 1.807) is 6.07 Å². The molecule has 2 aromatic rings. The molecule has 20 heavy (non-hydrogen) atoms. The lowest BCUT2D eigenvalue weighted by Gasteiger charge is -2.20. The molecule has 0 aliphatic heterocycles. The number of para-hydroxylation sites is 1. The van der Waals surface area contributed by atoms with Crippen LogP contribution in [0.15, 0.2) is 36.4 Å². The number of nitrogens with zero attached hydrogens (tertiary/aromatic N) is 1. The topological polar surface area (TPSA) is 15.3 Å². The zero-order valence-electron chi connectivity index (χ0n) is 11.3. The number of nitrogens with one attached hydrogen (secondary N) is 1. The molecule has 0 radical (unpaired) electrons. The summed E-state index contributed by atoms with van der Waals surface area (Å²) in [6, 6.07) is 10.1. The number of benzene rings is 2. The predicted molar refractivity (Wildman–Crippen MR) is 84.5 cm³/mol. The van der Waals surface area contributed by atoms with E-state index in [9.17, 15) is 4.39 Å². The van der Waals surface area contributed by atoms with Gasteiger partial charge in [0.25, 0.3) is 0 Å². The van der Waals surface area contributed by atoms with Crippen molar-refractivity contribution < 1.29 is 4.39 Å². The van der Waals surface area contributed by atoms with Crippen LogP contribution in [0.3, 0.4) is 0 Å². The Labute approximate surface area is 128 Å². The van der Waals surface area contributed by atoms with Crippen molar-refractivity contribution in [2.24, 2.45) is 0 Å². The Bertz CT molecular complexity index is 595. The normalized spacial score (nSPS) is 10.4. The second-order valence-corrected chi connectivity index (χ2v) is 5.51. The average molecular weight is 313 g/mol. The Balaban J connectivity index is 2.21. The Morgan fingerprint density at radius 1 is 1.15 bits per heavy atom. The van der Waals surface area contributed by atoms with Crippen LogP contribution in [-0.4, -0.2) is 14.1 Å². The van der Waals surface area contributed by atoms with Crippen molar-refractivity contribution >= 4 is 34.6 Å². The van der Waals surface area contributed by atoms with Crippen LogP contribution >= 0.6 is 23.2 Å². The Morgan fingerprint density at radius 2 is 1.90 bits per heavy atom. The summed E-state index contributed by atoms with van der Waals surface area (Å²) in [6.45, 7) is 0.471.